The lowest BCUT2D eigenvalue weighted by atomic mass is 10.1. The van der Waals surface area contributed by atoms with Crippen LogP contribution in [0.4, 0.5) is 4.39 Å². The van der Waals surface area contributed by atoms with Crippen molar-refractivity contribution >= 4 is 11.6 Å². The molecule has 0 amide bonds. The molecule has 0 aromatic heterocycles. The first kappa shape index (κ1) is 19.5. The van der Waals surface area contributed by atoms with Crippen LogP contribution in [0.1, 0.15) is 25.0 Å². The molecule has 0 aliphatic heterocycles. The molecule has 0 radical (unpaired) electrons. The Balaban J connectivity index is 2.11. The number of methoxy groups -OCH3 is 1. The van der Waals surface area contributed by atoms with E-state index in [0.717, 1.165) is 11.1 Å². The van der Waals surface area contributed by atoms with Gasteiger partial charge >= 0.3 is 0 Å². The molecular weight excluding hydrogens is 345 g/mol. The van der Waals surface area contributed by atoms with Crippen LogP contribution < -0.4 is 14.8 Å². The number of aliphatic hydroxyl groups excluding tert-OH is 1. The molecule has 25 heavy (non-hydrogen) atoms. The van der Waals surface area contributed by atoms with E-state index < -0.39 is 0 Å². The highest BCUT2D eigenvalue weighted by molar-refractivity contribution is 6.32. The van der Waals surface area contributed by atoms with Crippen molar-refractivity contribution in [3.63, 3.8) is 0 Å². The normalized spacial score (nSPS) is 11.4. The molecular formula is C19H24ClFNO3+. The van der Waals surface area contributed by atoms with Gasteiger partial charge in [-0.1, -0.05) is 23.7 Å². The minimum absolute atomic E-state index is 0.0801. The van der Waals surface area contributed by atoms with E-state index in [-0.39, 0.29) is 24.6 Å². The number of aliphatic hydroxyl groups is 1. The second-order valence-electron chi connectivity index (χ2n) is 6.58. The smallest absolute Gasteiger partial charge is 0.180 e. The van der Waals surface area contributed by atoms with E-state index in [9.17, 15) is 9.50 Å². The molecule has 6 heteroatoms. The highest BCUT2D eigenvalue weighted by Gasteiger charge is 2.20. The van der Waals surface area contributed by atoms with Crippen LogP contribution in [0, 0.1) is 5.82 Å². The number of nitrogens with two attached hydrogens (primary N) is 1. The Bertz CT molecular complexity index is 705. The lowest BCUT2D eigenvalue weighted by Crippen LogP contribution is -2.95. The fraction of sp³-hybridized carbons (Fsp3) is 0.368. The van der Waals surface area contributed by atoms with Crippen molar-refractivity contribution in [2.24, 2.45) is 0 Å². The van der Waals surface area contributed by atoms with Gasteiger partial charge in [0.2, 0.25) is 0 Å². The molecule has 2 aromatic rings. The molecule has 3 N–H and O–H groups in total. The summed E-state index contributed by atoms with van der Waals surface area (Å²) in [4.78, 5) is 0. The molecule has 0 spiro atoms. The summed E-state index contributed by atoms with van der Waals surface area (Å²) in [7, 11) is 1.56. The van der Waals surface area contributed by atoms with Crippen LogP contribution >= 0.6 is 11.6 Å². The van der Waals surface area contributed by atoms with Crippen molar-refractivity contribution in [3.05, 3.63) is 58.4 Å². The average Bonchev–Trinajstić information content (AvgIpc) is 2.60. The molecule has 0 bridgehead atoms. The number of quaternary nitrogens is 1. The van der Waals surface area contributed by atoms with Crippen LogP contribution in [0.15, 0.2) is 36.4 Å². The number of rotatable bonds is 8. The van der Waals surface area contributed by atoms with Gasteiger partial charge in [-0.3, -0.25) is 0 Å². The van der Waals surface area contributed by atoms with Crippen molar-refractivity contribution in [1.82, 2.24) is 0 Å². The summed E-state index contributed by atoms with van der Waals surface area (Å²) in [5, 5.41) is 11.8. The fourth-order valence-corrected chi connectivity index (χ4v) is 2.51. The van der Waals surface area contributed by atoms with Gasteiger partial charge in [0.1, 0.15) is 24.5 Å². The monoisotopic (exact) mass is 368 g/mol. The van der Waals surface area contributed by atoms with E-state index >= 15 is 0 Å². The molecule has 0 fully saturated rings. The SMILES string of the molecule is COc1cc(C[NH2+]C(C)(C)CO)cc(Cl)c1OCc1ccc(F)cc1. The summed E-state index contributed by atoms with van der Waals surface area (Å²) in [5.41, 5.74) is 1.54. The number of ether oxygens (including phenoxy) is 2. The predicted molar refractivity (Wildman–Crippen MR) is 95.5 cm³/mol. The third kappa shape index (κ3) is 5.59. The van der Waals surface area contributed by atoms with Gasteiger partial charge in [0.25, 0.3) is 0 Å². The highest BCUT2D eigenvalue weighted by atomic mass is 35.5. The number of halogens is 2. The number of benzene rings is 2. The second kappa shape index (κ2) is 8.52. The Hall–Kier alpha value is -1.82. The summed E-state index contributed by atoms with van der Waals surface area (Å²) in [6.45, 7) is 4.93. The van der Waals surface area contributed by atoms with E-state index in [0.29, 0.717) is 23.1 Å². The van der Waals surface area contributed by atoms with E-state index in [1.54, 1.807) is 19.2 Å². The number of hydrogen-bond acceptors (Lipinski definition) is 3. The zero-order valence-corrected chi connectivity index (χ0v) is 15.4. The average molecular weight is 369 g/mol. The zero-order valence-electron chi connectivity index (χ0n) is 14.7. The molecule has 4 nitrogen and oxygen atoms in total. The van der Waals surface area contributed by atoms with E-state index in [1.807, 2.05) is 31.3 Å². The summed E-state index contributed by atoms with van der Waals surface area (Å²) >= 11 is 6.36. The third-order valence-electron chi connectivity index (χ3n) is 3.88. The van der Waals surface area contributed by atoms with Crippen LogP contribution in [-0.4, -0.2) is 24.4 Å². The fourth-order valence-electron chi connectivity index (χ4n) is 2.23. The summed E-state index contributed by atoms with van der Waals surface area (Å²) in [6.07, 6.45) is 0. The molecule has 0 saturated heterocycles. The summed E-state index contributed by atoms with van der Waals surface area (Å²) in [6, 6.07) is 9.80. The zero-order chi connectivity index (χ0) is 18.4. The van der Waals surface area contributed by atoms with Gasteiger partial charge in [0.05, 0.1) is 18.7 Å². The van der Waals surface area contributed by atoms with Gasteiger partial charge in [-0.05, 0) is 43.7 Å². The Labute approximate surface area is 152 Å². The molecule has 0 saturated carbocycles. The van der Waals surface area contributed by atoms with Gasteiger partial charge in [-0.15, -0.1) is 0 Å². The standard InChI is InChI=1S/C19H23ClFNO3/c1-19(2,12-23)22-10-14-8-16(20)18(17(9-14)24-3)25-11-13-4-6-15(21)7-5-13/h4-9,22-23H,10-12H2,1-3H3/p+1. The molecule has 2 rings (SSSR count). The molecule has 0 heterocycles. The molecule has 136 valence electrons. The van der Waals surface area contributed by atoms with Crippen LogP contribution in [0.25, 0.3) is 0 Å². The predicted octanol–water partition coefficient (Wildman–Crippen LogP) is 2.90. The largest absolute Gasteiger partial charge is 0.493 e. The maximum atomic E-state index is 13.0. The van der Waals surface area contributed by atoms with Crippen LogP contribution in [0.3, 0.4) is 0 Å². The molecule has 0 atom stereocenters. The highest BCUT2D eigenvalue weighted by Crippen LogP contribution is 2.36. The minimum Gasteiger partial charge on any atom is -0.493 e. The lowest BCUT2D eigenvalue weighted by molar-refractivity contribution is -0.736. The minimum atomic E-state index is -0.286. The van der Waals surface area contributed by atoms with Crippen molar-refractivity contribution in [2.45, 2.75) is 32.5 Å². The topological polar surface area (TPSA) is 55.3 Å². The molecule has 0 unspecified atom stereocenters. The van der Waals surface area contributed by atoms with Gasteiger partial charge in [-0.25, -0.2) is 4.39 Å². The molecule has 0 aliphatic carbocycles. The first-order valence-electron chi connectivity index (χ1n) is 8.03. The van der Waals surface area contributed by atoms with Gasteiger partial charge in [0.15, 0.2) is 11.5 Å². The summed E-state index contributed by atoms with van der Waals surface area (Å²) < 4.78 is 24.1. The van der Waals surface area contributed by atoms with Crippen LogP contribution in [0.2, 0.25) is 5.02 Å². The van der Waals surface area contributed by atoms with Gasteiger partial charge in [-0.2, -0.15) is 0 Å². The molecule has 0 aliphatic rings. The van der Waals surface area contributed by atoms with Crippen molar-refractivity contribution < 1.29 is 24.3 Å². The Morgan fingerprint density at radius 3 is 2.44 bits per heavy atom. The second-order valence-corrected chi connectivity index (χ2v) is 6.99. The van der Waals surface area contributed by atoms with Crippen molar-refractivity contribution in [3.8, 4) is 11.5 Å². The Kier molecular flexibility index (Phi) is 6.64. The molecule has 2 aromatic carbocycles. The van der Waals surface area contributed by atoms with Crippen LogP contribution in [0.5, 0.6) is 11.5 Å². The third-order valence-corrected chi connectivity index (χ3v) is 4.16. The van der Waals surface area contributed by atoms with Crippen molar-refractivity contribution in [2.75, 3.05) is 13.7 Å². The first-order chi connectivity index (χ1) is 11.8. The lowest BCUT2D eigenvalue weighted by Gasteiger charge is -2.20. The first-order valence-corrected chi connectivity index (χ1v) is 8.41. The van der Waals surface area contributed by atoms with Crippen LogP contribution in [-0.2, 0) is 13.2 Å². The van der Waals surface area contributed by atoms with Gasteiger partial charge < -0.3 is 19.9 Å². The maximum absolute atomic E-state index is 13.0. The van der Waals surface area contributed by atoms with Gasteiger partial charge in [0, 0.05) is 5.56 Å². The van der Waals surface area contributed by atoms with E-state index in [2.05, 4.69) is 0 Å². The quantitative estimate of drug-likeness (QED) is 0.753. The number of hydrogen-bond donors (Lipinski definition) is 2. The van der Waals surface area contributed by atoms with Crippen molar-refractivity contribution in [1.29, 1.82) is 0 Å². The van der Waals surface area contributed by atoms with E-state index in [4.69, 9.17) is 21.1 Å². The summed E-state index contributed by atoms with van der Waals surface area (Å²) in [5.74, 6) is 0.712. The maximum Gasteiger partial charge on any atom is 0.180 e. The Morgan fingerprint density at radius 2 is 1.84 bits per heavy atom. The van der Waals surface area contributed by atoms with E-state index in [1.165, 1.54) is 12.1 Å². The Morgan fingerprint density at radius 1 is 1.16 bits per heavy atom.